The van der Waals surface area contributed by atoms with Crippen LogP contribution in [0.5, 0.6) is 0 Å². The topological polar surface area (TPSA) is 41.5 Å². The average Bonchev–Trinajstić information content (AvgIpc) is 2.61. The van der Waals surface area contributed by atoms with Crippen LogP contribution in [0.15, 0.2) is 59.7 Å². The van der Waals surface area contributed by atoms with Crippen molar-refractivity contribution >= 4 is 12.1 Å². The first-order valence-corrected chi connectivity index (χ1v) is 8.28. The number of carbonyl (C=O) groups excluding carboxylic acids is 1. The molecule has 3 nitrogen and oxygen atoms in total. The number of hydrazone groups is 1. The molecule has 1 N–H and O–H groups in total. The largest absolute Gasteiger partial charge is 0.271 e. The molecule has 0 bridgehead atoms. The van der Waals surface area contributed by atoms with E-state index in [1.807, 2.05) is 42.5 Å². The zero-order chi connectivity index (χ0) is 16.3. The van der Waals surface area contributed by atoms with Gasteiger partial charge in [-0.15, -0.1) is 0 Å². The summed E-state index contributed by atoms with van der Waals surface area (Å²) in [6.45, 7) is 2.19. The fourth-order valence-corrected chi connectivity index (χ4v) is 2.34. The van der Waals surface area contributed by atoms with E-state index in [0.717, 1.165) is 24.0 Å². The van der Waals surface area contributed by atoms with Crippen LogP contribution in [-0.2, 0) is 0 Å². The molecule has 0 atom stereocenters. The van der Waals surface area contributed by atoms with Crippen molar-refractivity contribution in [3.8, 4) is 11.1 Å². The molecule has 0 saturated carbocycles. The quantitative estimate of drug-likeness (QED) is 0.414. The van der Waals surface area contributed by atoms with Gasteiger partial charge in [0.05, 0.1) is 0 Å². The first kappa shape index (κ1) is 16.9. The van der Waals surface area contributed by atoms with E-state index in [1.165, 1.54) is 19.3 Å². The molecule has 0 aliphatic carbocycles. The number of unbranched alkanes of at least 4 members (excludes halogenated alkanes) is 4. The van der Waals surface area contributed by atoms with E-state index in [0.29, 0.717) is 5.56 Å². The molecule has 0 aliphatic rings. The van der Waals surface area contributed by atoms with Crippen molar-refractivity contribution in [2.24, 2.45) is 5.10 Å². The highest BCUT2D eigenvalue weighted by Gasteiger charge is 2.04. The Morgan fingerprint density at radius 3 is 2.35 bits per heavy atom. The van der Waals surface area contributed by atoms with Crippen LogP contribution in [0.2, 0.25) is 0 Å². The van der Waals surface area contributed by atoms with E-state index >= 15 is 0 Å². The Morgan fingerprint density at radius 1 is 0.957 bits per heavy atom. The second-order valence-corrected chi connectivity index (χ2v) is 5.55. The van der Waals surface area contributed by atoms with Gasteiger partial charge >= 0.3 is 0 Å². The van der Waals surface area contributed by atoms with Gasteiger partial charge in [0, 0.05) is 11.8 Å². The first-order valence-electron chi connectivity index (χ1n) is 8.28. The normalized spacial score (nSPS) is 10.8. The molecule has 0 heterocycles. The van der Waals surface area contributed by atoms with Crippen LogP contribution in [0.3, 0.4) is 0 Å². The minimum absolute atomic E-state index is 0.172. The van der Waals surface area contributed by atoms with E-state index in [4.69, 9.17) is 0 Å². The Bertz CT molecular complexity index is 618. The van der Waals surface area contributed by atoms with Gasteiger partial charge in [0.15, 0.2) is 0 Å². The van der Waals surface area contributed by atoms with Crippen LogP contribution >= 0.6 is 0 Å². The van der Waals surface area contributed by atoms with Gasteiger partial charge in [0.25, 0.3) is 5.91 Å². The Hall–Kier alpha value is -2.42. The monoisotopic (exact) mass is 308 g/mol. The van der Waals surface area contributed by atoms with Crippen LogP contribution in [-0.4, -0.2) is 12.1 Å². The van der Waals surface area contributed by atoms with Gasteiger partial charge in [0.2, 0.25) is 0 Å². The van der Waals surface area contributed by atoms with Gasteiger partial charge in [0.1, 0.15) is 0 Å². The summed E-state index contributed by atoms with van der Waals surface area (Å²) in [5, 5.41) is 4.00. The van der Waals surface area contributed by atoms with Crippen LogP contribution in [0, 0.1) is 0 Å². The predicted octanol–water partition coefficient (Wildman–Crippen LogP) is 5.04. The number of hydrogen-bond acceptors (Lipinski definition) is 2. The summed E-state index contributed by atoms with van der Waals surface area (Å²) in [5.74, 6) is -0.172. The lowest BCUT2D eigenvalue weighted by atomic mass is 10.0. The smallest absolute Gasteiger partial charge is 0.267 e. The van der Waals surface area contributed by atoms with Gasteiger partial charge in [-0.1, -0.05) is 68.7 Å². The highest BCUT2D eigenvalue weighted by Crippen LogP contribution is 2.19. The molecule has 2 aromatic rings. The summed E-state index contributed by atoms with van der Waals surface area (Å²) in [4.78, 5) is 12.0. The van der Waals surface area contributed by atoms with Crippen LogP contribution in [0.1, 0.15) is 49.4 Å². The number of hydrogen-bond donors (Lipinski definition) is 1. The molecule has 1 amide bonds. The number of nitrogens with one attached hydrogen (secondary N) is 1. The molecule has 0 aromatic heterocycles. The second kappa shape index (κ2) is 9.57. The predicted molar refractivity (Wildman–Crippen MR) is 96.6 cm³/mol. The van der Waals surface area contributed by atoms with Gasteiger partial charge < -0.3 is 0 Å². The molecule has 3 heteroatoms. The molecule has 0 saturated heterocycles. The highest BCUT2D eigenvalue weighted by atomic mass is 16.2. The number of carbonyl (C=O) groups is 1. The summed E-state index contributed by atoms with van der Waals surface area (Å²) in [6, 6.07) is 17.7. The molecule has 0 fully saturated rings. The van der Waals surface area contributed by atoms with Gasteiger partial charge in [-0.3, -0.25) is 4.79 Å². The average molecular weight is 308 g/mol. The first-order chi connectivity index (χ1) is 11.3. The van der Waals surface area contributed by atoms with Gasteiger partial charge in [-0.05, 0) is 36.1 Å². The van der Waals surface area contributed by atoms with Crippen molar-refractivity contribution in [2.75, 3.05) is 0 Å². The summed E-state index contributed by atoms with van der Waals surface area (Å²) in [5.41, 5.74) is 5.44. The fourth-order valence-electron chi connectivity index (χ4n) is 2.34. The fraction of sp³-hybridized carbons (Fsp3) is 0.300. The van der Waals surface area contributed by atoms with E-state index < -0.39 is 0 Å². The Kier molecular flexibility index (Phi) is 7.05. The number of benzene rings is 2. The molecular weight excluding hydrogens is 284 g/mol. The summed E-state index contributed by atoms with van der Waals surface area (Å²) >= 11 is 0. The maximum Gasteiger partial charge on any atom is 0.271 e. The van der Waals surface area contributed by atoms with E-state index in [1.54, 1.807) is 6.21 Å². The molecule has 2 aromatic carbocycles. The number of amides is 1. The Balaban J connectivity index is 1.82. The molecule has 0 aliphatic heterocycles. The van der Waals surface area contributed by atoms with Crippen molar-refractivity contribution in [2.45, 2.75) is 39.0 Å². The third-order valence-electron chi connectivity index (χ3n) is 3.70. The van der Waals surface area contributed by atoms with Crippen LogP contribution in [0.25, 0.3) is 11.1 Å². The SMILES string of the molecule is CCCCCC/C=N/NC(=O)c1ccc(-c2ccccc2)cc1. The van der Waals surface area contributed by atoms with Gasteiger partial charge in [-0.2, -0.15) is 5.10 Å². The maximum atomic E-state index is 12.0. The third-order valence-corrected chi connectivity index (χ3v) is 3.70. The van der Waals surface area contributed by atoms with Crippen LogP contribution < -0.4 is 5.43 Å². The lowest BCUT2D eigenvalue weighted by Gasteiger charge is -2.03. The van der Waals surface area contributed by atoms with E-state index in [2.05, 4.69) is 29.6 Å². The van der Waals surface area contributed by atoms with Crippen molar-refractivity contribution < 1.29 is 4.79 Å². The van der Waals surface area contributed by atoms with Gasteiger partial charge in [-0.25, -0.2) is 5.43 Å². The molecule has 23 heavy (non-hydrogen) atoms. The minimum atomic E-state index is -0.172. The molecule has 2 rings (SSSR count). The molecular formula is C20H24N2O. The molecule has 0 unspecified atom stereocenters. The Labute approximate surface area is 138 Å². The van der Waals surface area contributed by atoms with E-state index in [-0.39, 0.29) is 5.91 Å². The summed E-state index contributed by atoms with van der Waals surface area (Å²) in [6.07, 6.45) is 7.52. The molecule has 0 radical (unpaired) electrons. The minimum Gasteiger partial charge on any atom is -0.267 e. The van der Waals surface area contributed by atoms with Crippen molar-refractivity contribution in [1.29, 1.82) is 0 Å². The summed E-state index contributed by atoms with van der Waals surface area (Å²) in [7, 11) is 0. The maximum absolute atomic E-state index is 12.0. The number of rotatable bonds is 8. The van der Waals surface area contributed by atoms with Crippen molar-refractivity contribution in [3.63, 3.8) is 0 Å². The zero-order valence-electron chi connectivity index (χ0n) is 13.7. The molecule has 0 spiro atoms. The standard InChI is InChI=1S/C20H24N2O/c1-2-3-4-5-9-16-21-22-20(23)19-14-12-18(13-15-19)17-10-7-6-8-11-17/h6-8,10-16H,2-5,9H2,1H3,(H,22,23)/b21-16+. The third kappa shape index (κ3) is 5.70. The Morgan fingerprint density at radius 2 is 1.65 bits per heavy atom. The molecule has 120 valence electrons. The summed E-state index contributed by atoms with van der Waals surface area (Å²) < 4.78 is 0. The van der Waals surface area contributed by atoms with Crippen LogP contribution in [0.4, 0.5) is 0 Å². The van der Waals surface area contributed by atoms with Crippen molar-refractivity contribution in [1.82, 2.24) is 5.43 Å². The second-order valence-electron chi connectivity index (χ2n) is 5.55. The zero-order valence-corrected chi connectivity index (χ0v) is 13.7. The van der Waals surface area contributed by atoms with Crippen molar-refractivity contribution in [3.05, 3.63) is 60.2 Å². The highest BCUT2D eigenvalue weighted by molar-refractivity contribution is 5.94. The number of nitrogens with zero attached hydrogens (tertiary/aromatic N) is 1. The lowest BCUT2D eigenvalue weighted by molar-refractivity contribution is 0.0955. The van der Waals surface area contributed by atoms with E-state index in [9.17, 15) is 4.79 Å². The lowest BCUT2D eigenvalue weighted by Crippen LogP contribution is -2.17.